The Morgan fingerprint density at radius 1 is 1.22 bits per heavy atom. The van der Waals surface area contributed by atoms with Crippen molar-refractivity contribution >= 4 is 17.2 Å². The molecule has 0 unspecified atom stereocenters. The zero-order valence-corrected chi connectivity index (χ0v) is 16.0. The van der Waals surface area contributed by atoms with E-state index in [2.05, 4.69) is 9.97 Å². The molecule has 2 aromatic heterocycles. The van der Waals surface area contributed by atoms with Crippen molar-refractivity contribution in [3.8, 4) is 16.5 Å². The predicted molar refractivity (Wildman–Crippen MR) is 106 cm³/mol. The van der Waals surface area contributed by atoms with Crippen molar-refractivity contribution in [2.75, 3.05) is 7.11 Å². The van der Waals surface area contributed by atoms with Crippen LogP contribution in [0.2, 0.25) is 0 Å². The molecule has 6 heteroatoms. The van der Waals surface area contributed by atoms with E-state index in [-0.39, 0.29) is 5.91 Å². The van der Waals surface area contributed by atoms with Crippen LogP contribution in [0.25, 0.3) is 10.7 Å². The fourth-order valence-electron chi connectivity index (χ4n) is 2.99. The summed E-state index contributed by atoms with van der Waals surface area (Å²) in [6.45, 7) is 0.630. The van der Waals surface area contributed by atoms with Crippen LogP contribution in [0.1, 0.15) is 24.1 Å². The molecule has 0 saturated heterocycles. The summed E-state index contributed by atoms with van der Waals surface area (Å²) in [7, 11) is 1.65. The molecule has 0 aliphatic heterocycles. The van der Waals surface area contributed by atoms with E-state index in [0.29, 0.717) is 19.0 Å². The maximum Gasteiger partial charge on any atom is 0.229 e. The maximum absolute atomic E-state index is 12.9. The van der Waals surface area contributed by atoms with Crippen LogP contribution >= 0.6 is 11.3 Å². The quantitative estimate of drug-likeness (QED) is 0.624. The molecule has 0 radical (unpaired) electrons. The SMILES string of the molecule is COc1ccc(CN(C(=O)Cc2csc(-c3ccccn3)n2)C2CC2)cc1. The second-order valence-electron chi connectivity index (χ2n) is 6.64. The maximum atomic E-state index is 12.9. The topological polar surface area (TPSA) is 55.3 Å². The van der Waals surface area contributed by atoms with Crippen molar-refractivity contribution in [2.45, 2.75) is 31.8 Å². The lowest BCUT2D eigenvalue weighted by molar-refractivity contribution is -0.131. The van der Waals surface area contributed by atoms with E-state index in [1.807, 2.05) is 52.7 Å². The van der Waals surface area contributed by atoms with Crippen molar-refractivity contribution in [3.05, 3.63) is 65.3 Å². The number of carbonyl (C=O) groups excluding carboxylic acids is 1. The molecule has 1 saturated carbocycles. The average Bonchev–Trinajstić information content (AvgIpc) is 3.45. The Bertz CT molecular complexity index is 905. The third-order valence-corrected chi connectivity index (χ3v) is 5.50. The number of hydrogen-bond acceptors (Lipinski definition) is 5. The Kier molecular flexibility index (Phi) is 5.16. The van der Waals surface area contributed by atoms with Gasteiger partial charge in [-0.2, -0.15) is 0 Å². The third kappa shape index (κ3) is 4.34. The fraction of sp³-hybridized carbons (Fsp3) is 0.286. The van der Waals surface area contributed by atoms with Gasteiger partial charge in [-0.1, -0.05) is 18.2 Å². The molecule has 0 N–H and O–H groups in total. The van der Waals surface area contributed by atoms with E-state index in [0.717, 1.165) is 40.6 Å². The number of methoxy groups -OCH3 is 1. The molecule has 3 aromatic rings. The van der Waals surface area contributed by atoms with Gasteiger partial charge in [0.25, 0.3) is 0 Å². The van der Waals surface area contributed by atoms with Crippen LogP contribution in [-0.2, 0) is 17.8 Å². The van der Waals surface area contributed by atoms with Gasteiger partial charge in [-0.3, -0.25) is 9.78 Å². The Labute approximate surface area is 162 Å². The molecular formula is C21H21N3O2S. The number of benzene rings is 1. The zero-order valence-electron chi connectivity index (χ0n) is 15.2. The standard InChI is InChI=1S/C21H21N3O2S/c1-26-18-9-5-15(6-10-18)13-24(17-7-8-17)20(25)12-16-14-27-21(23-16)19-4-2-3-11-22-19/h2-6,9-11,14,17H,7-8,12-13H2,1H3. The van der Waals surface area contributed by atoms with Gasteiger partial charge in [0, 0.05) is 24.2 Å². The van der Waals surface area contributed by atoms with E-state index < -0.39 is 0 Å². The molecule has 2 heterocycles. The van der Waals surface area contributed by atoms with Gasteiger partial charge in [-0.25, -0.2) is 4.98 Å². The Hall–Kier alpha value is -2.73. The van der Waals surface area contributed by atoms with E-state index in [1.165, 1.54) is 11.3 Å². The lowest BCUT2D eigenvalue weighted by Crippen LogP contribution is -2.33. The summed E-state index contributed by atoms with van der Waals surface area (Å²) in [6, 6.07) is 14.0. The van der Waals surface area contributed by atoms with Gasteiger partial charge in [-0.05, 0) is 42.7 Å². The summed E-state index contributed by atoms with van der Waals surface area (Å²) in [5.41, 5.74) is 2.77. The number of pyridine rings is 1. The van der Waals surface area contributed by atoms with Gasteiger partial charge < -0.3 is 9.64 Å². The van der Waals surface area contributed by atoms with E-state index in [4.69, 9.17) is 4.74 Å². The molecule has 0 bridgehead atoms. The van der Waals surface area contributed by atoms with Crippen LogP contribution in [0.4, 0.5) is 0 Å². The summed E-state index contributed by atoms with van der Waals surface area (Å²) in [5, 5.41) is 2.81. The van der Waals surface area contributed by atoms with Crippen LogP contribution in [0.3, 0.4) is 0 Å². The number of amides is 1. The van der Waals surface area contributed by atoms with E-state index >= 15 is 0 Å². The molecule has 1 fully saturated rings. The highest BCUT2D eigenvalue weighted by molar-refractivity contribution is 7.13. The fourth-order valence-corrected chi connectivity index (χ4v) is 3.78. The lowest BCUT2D eigenvalue weighted by Gasteiger charge is -2.22. The molecule has 4 rings (SSSR count). The highest BCUT2D eigenvalue weighted by atomic mass is 32.1. The molecule has 0 atom stereocenters. The first-order valence-corrected chi connectivity index (χ1v) is 9.89. The van der Waals surface area contributed by atoms with Crippen LogP contribution in [0.15, 0.2) is 54.0 Å². The molecule has 1 aliphatic carbocycles. The number of rotatable bonds is 7. The second kappa shape index (κ2) is 7.88. The first-order valence-electron chi connectivity index (χ1n) is 9.01. The van der Waals surface area contributed by atoms with Gasteiger partial charge >= 0.3 is 0 Å². The minimum atomic E-state index is 0.131. The summed E-state index contributed by atoms with van der Waals surface area (Å²) in [6.07, 6.45) is 4.25. The van der Waals surface area contributed by atoms with Crippen molar-refractivity contribution in [1.29, 1.82) is 0 Å². The molecule has 27 heavy (non-hydrogen) atoms. The normalized spacial score (nSPS) is 13.4. The number of aromatic nitrogens is 2. The minimum Gasteiger partial charge on any atom is -0.497 e. The average molecular weight is 379 g/mol. The van der Waals surface area contributed by atoms with Gasteiger partial charge in [0.15, 0.2) is 0 Å². The van der Waals surface area contributed by atoms with Crippen molar-refractivity contribution in [3.63, 3.8) is 0 Å². The third-order valence-electron chi connectivity index (χ3n) is 4.59. The largest absolute Gasteiger partial charge is 0.497 e. The minimum absolute atomic E-state index is 0.131. The Balaban J connectivity index is 1.44. The summed E-state index contributed by atoms with van der Waals surface area (Å²) >= 11 is 1.53. The Morgan fingerprint density at radius 3 is 2.70 bits per heavy atom. The molecular weight excluding hydrogens is 358 g/mol. The first kappa shape index (κ1) is 17.7. The molecule has 0 spiro atoms. The van der Waals surface area contributed by atoms with Gasteiger partial charge in [-0.15, -0.1) is 11.3 Å². The predicted octanol–water partition coefficient (Wildman–Crippen LogP) is 3.95. The number of ether oxygens (including phenoxy) is 1. The van der Waals surface area contributed by atoms with Crippen LogP contribution < -0.4 is 4.74 Å². The second-order valence-corrected chi connectivity index (χ2v) is 7.49. The summed E-state index contributed by atoms with van der Waals surface area (Å²) in [4.78, 5) is 23.8. The van der Waals surface area contributed by atoms with Crippen LogP contribution in [0, 0.1) is 0 Å². The van der Waals surface area contributed by atoms with Gasteiger partial charge in [0.1, 0.15) is 10.8 Å². The number of carbonyl (C=O) groups is 1. The zero-order chi connectivity index (χ0) is 18.6. The first-order chi connectivity index (χ1) is 13.2. The molecule has 1 aromatic carbocycles. The number of nitrogens with zero attached hydrogens (tertiary/aromatic N) is 3. The molecule has 138 valence electrons. The van der Waals surface area contributed by atoms with Crippen LogP contribution in [-0.4, -0.2) is 33.9 Å². The highest BCUT2D eigenvalue weighted by Crippen LogP contribution is 2.30. The van der Waals surface area contributed by atoms with Crippen molar-refractivity contribution in [2.24, 2.45) is 0 Å². The number of thiazole rings is 1. The Morgan fingerprint density at radius 2 is 2.04 bits per heavy atom. The lowest BCUT2D eigenvalue weighted by atomic mass is 10.2. The van der Waals surface area contributed by atoms with Crippen molar-refractivity contribution in [1.82, 2.24) is 14.9 Å². The molecule has 1 amide bonds. The van der Waals surface area contributed by atoms with E-state index in [9.17, 15) is 4.79 Å². The summed E-state index contributed by atoms with van der Waals surface area (Å²) in [5.74, 6) is 0.957. The van der Waals surface area contributed by atoms with Gasteiger partial charge in [0.05, 0.1) is 24.9 Å². The monoisotopic (exact) mass is 379 g/mol. The number of hydrogen-bond donors (Lipinski definition) is 0. The van der Waals surface area contributed by atoms with E-state index in [1.54, 1.807) is 13.3 Å². The van der Waals surface area contributed by atoms with Crippen LogP contribution in [0.5, 0.6) is 5.75 Å². The molecule has 1 aliphatic rings. The van der Waals surface area contributed by atoms with Gasteiger partial charge in [0.2, 0.25) is 5.91 Å². The summed E-state index contributed by atoms with van der Waals surface area (Å²) < 4.78 is 5.21. The highest BCUT2D eigenvalue weighted by Gasteiger charge is 2.32. The smallest absolute Gasteiger partial charge is 0.229 e. The van der Waals surface area contributed by atoms with Crippen molar-refractivity contribution < 1.29 is 9.53 Å². The molecule has 5 nitrogen and oxygen atoms in total.